The van der Waals surface area contributed by atoms with Gasteiger partial charge in [-0.25, -0.2) is 0 Å². The molecule has 2 bridgehead atoms. The van der Waals surface area contributed by atoms with Crippen molar-refractivity contribution in [2.45, 2.75) is 113 Å². The third-order valence-electron chi connectivity index (χ3n) is 9.78. The number of carbonyl (C=O) groups excluding carboxylic acids is 1. The van der Waals surface area contributed by atoms with E-state index in [1.165, 1.54) is 18.4 Å². The maximum atomic E-state index is 12.3. The van der Waals surface area contributed by atoms with Gasteiger partial charge in [-0.1, -0.05) is 49.7 Å². The molecule has 0 N–H and O–H groups in total. The zero-order valence-electron chi connectivity index (χ0n) is 19.4. The lowest BCUT2D eigenvalue weighted by molar-refractivity contribution is -0.150. The third-order valence-corrected chi connectivity index (χ3v) is 15.0. The highest BCUT2D eigenvalue weighted by Crippen LogP contribution is 2.68. The molecule has 0 aromatic carbocycles. The summed E-state index contributed by atoms with van der Waals surface area (Å²) in [5.41, 5.74) is 2.38. The smallest absolute Gasteiger partial charge is 0.192 e. The Bertz CT molecular complexity index is 855. The molecule has 5 rings (SSSR count). The molecule has 2 spiro atoms. The van der Waals surface area contributed by atoms with E-state index in [2.05, 4.69) is 62.8 Å². The molecule has 3 aliphatic carbocycles. The van der Waals surface area contributed by atoms with Gasteiger partial charge in [-0.3, -0.25) is 4.79 Å². The Hall–Kier alpha value is -0.233. The van der Waals surface area contributed by atoms with Gasteiger partial charge >= 0.3 is 0 Å². The predicted octanol–water partition coefficient (Wildman–Crippen LogP) is 6.48. The Labute approximate surface area is 191 Å². The molecule has 3 nitrogen and oxygen atoms in total. The van der Waals surface area contributed by atoms with Gasteiger partial charge in [-0.2, -0.15) is 0 Å². The number of hydrogen-bond donors (Lipinski definition) is 0. The van der Waals surface area contributed by atoms with E-state index in [1.54, 1.807) is 0 Å². The molecule has 1 unspecified atom stereocenters. The van der Waals surface area contributed by atoms with Crippen LogP contribution in [0, 0.1) is 11.3 Å². The van der Waals surface area contributed by atoms with Crippen LogP contribution in [0.2, 0.25) is 18.1 Å². The Morgan fingerprint density at radius 3 is 2.60 bits per heavy atom. The van der Waals surface area contributed by atoms with E-state index >= 15 is 0 Å². The molecule has 5 aliphatic rings. The van der Waals surface area contributed by atoms with Crippen molar-refractivity contribution >= 4 is 30.0 Å². The second-order valence-electron chi connectivity index (χ2n) is 12.3. The first-order valence-corrected chi connectivity index (χ1v) is 15.6. The minimum Gasteiger partial charge on any atom is -0.413 e. The van der Waals surface area contributed by atoms with Crippen LogP contribution in [0.25, 0.3) is 0 Å². The van der Waals surface area contributed by atoms with Gasteiger partial charge in [0.1, 0.15) is 0 Å². The average Bonchev–Trinajstić information content (AvgIpc) is 3.12. The molecule has 2 saturated carbocycles. The molecule has 0 radical (unpaired) electrons. The molecule has 0 aromatic rings. The number of allylic oxidation sites excluding steroid dienone is 1. The molecule has 2 heterocycles. The first-order chi connectivity index (χ1) is 13.8. The van der Waals surface area contributed by atoms with Crippen LogP contribution in [-0.4, -0.2) is 36.2 Å². The van der Waals surface area contributed by atoms with Crippen molar-refractivity contribution in [2.24, 2.45) is 11.3 Å². The van der Waals surface area contributed by atoms with Crippen molar-refractivity contribution in [1.29, 1.82) is 0 Å². The van der Waals surface area contributed by atoms with Gasteiger partial charge in [0, 0.05) is 6.42 Å². The lowest BCUT2D eigenvalue weighted by atomic mass is 9.58. The maximum Gasteiger partial charge on any atom is 0.192 e. The summed E-state index contributed by atoms with van der Waals surface area (Å²) in [6.07, 6.45) is 12.1. The zero-order valence-corrected chi connectivity index (χ0v) is 22.0. The van der Waals surface area contributed by atoms with E-state index in [0.29, 0.717) is 12.0 Å². The van der Waals surface area contributed by atoms with Crippen LogP contribution in [0.3, 0.4) is 0 Å². The molecule has 30 heavy (non-hydrogen) atoms. The van der Waals surface area contributed by atoms with Crippen molar-refractivity contribution in [3.8, 4) is 0 Å². The molecule has 0 aromatic heterocycles. The van der Waals surface area contributed by atoms with E-state index in [4.69, 9.17) is 9.16 Å². The Morgan fingerprint density at radius 1 is 1.17 bits per heavy atom. The lowest BCUT2D eigenvalue weighted by Crippen LogP contribution is -2.57. The van der Waals surface area contributed by atoms with Gasteiger partial charge in [0.2, 0.25) is 0 Å². The number of hydrogen-bond acceptors (Lipinski definition) is 3. The number of ketones is 1. The van der Waals surface area contributed by atoms with E-state index < -0.39 is 8.32 Å². The fourth-order valence-electron chi connectivity index (χ4n) is 6.96. The van der Waals surface area contributed by atoms with Crippen molar-refractivity contribution in [3.63, 3.8) is 0 Å². The van der Waals surface area contributed by atoms with Gasteiger partial charge in [0.25, 0.3) is 0 Å². The number of ether oxygens (including phenoxy) is 1. The summed E-state index contributed by atoms with van der Waals surface area (Å²) in [5, 5.41) is 0.234. The maximum absolute atomic E-state index is 12.3. The minimum absolute atomic E-state index is 0.112. The predicted molar refractivity (Wildman–Crippen MR) is 126 cm³/mol. The van der Waals surface area contributed by atoms with Gasteiger partial charge in [-0.15, -0.1) is 0 Å². The Morgan fingerprint density at radius 2 is 1.90 bits per heavy atom. The van der Waals surface area contributed by atoms with Crippen molar-refractivity contribution in [2.75, 3.05) is 0 Å². The largest absolute Gasteiger partial charge is 0.413 e. The van der Waals surface area contributed by atoms with Crippen LogP contribution in [0.1, 0.15) is 72.6 Å². The molecule has 0 amide bonds. The van der Waals surface area contributed by atoms with Gasteiger partial charge < -0.3 is 9.16 Å². The number of fused-ring (bicyclic) bond motifs is 1. The first-order valence-electron chi connectivity index (χ1n) is 11.8. The van der Waals surface area contributed by atoms with Crippen molar-refractivity contribution < 1.29 is 14.0 Å². The normalized spacial score (nSPS) is 45.4. The molecule has 2 aliphatic heterocycles. The molecule has 3 fully saturated rings. The molecule has 1 saturated heterocycles. The highest BCUT2D eigenvalue weighted by molar-refractivity contribution is 9.10. The van der Waals surface area contributed by atoms with E-state index in [9.17, 15) is 4.79 Å². The van der Waals surface area contributed by atoms with Gasteiger partial charge in [0.05, 0.1) is 22.1 Å². The lowest BCUT2D eigenvalue weighted by Gasteiger charge is -2.55. The fraction of sp³-hybridized carbons (Fsp3) is 0.800. The summed E-state index contributed by atoms with van der Waals surface area (Å²) in [4.78, 5) is 12.2. The van der Waals surface area contributed by atoms with Crippen LogP contribution >= 0.6 is 15.9 Å². The van der Waals surface area contributed by atoms with Gasteiger partial charge in [-0.05, 0) is 85.2 Å². The van der Waals surface area contributed by atoms with E-state index in [0.717, 1.165) is 37.7 Å². The molecule has 166 valence electrons. The number of carbonyl (C=O) groups is 1. The summed E-state index contributed by atoms with van der Waals surface area (Å²) in [5.74, 6) is 0.715. The highest BCUT2D eigenvalue weighted by atomic mass is 79.9. The summed E-state index contributed by atoms with van der Waals surface area (Å²) >= 11 is 3.61. The fourth-order valence-corrected chi connectivity index (χ4v) is 9.07. The van der Waals surface area contributed by atoms with Crippen LogP contribution in [-0.2, 0) is 14.0 Å². The van der Waals surface area contributed by atoms with E-state index in [1.807, 2.05) is 6.08 Å². The van der Waals surface area contributed by atoms with Crippen molar-refractivity contribution in [1.82, 2.24) is 0 Å². The van der Waals surface area contributed by atoms with E-state index in [-0.39, 0.29) is 32.3 Å². The van der Waals surface area contributed by atoms with Crippen LogP contribution in [0.15, 0.2) is 23.3 Å². The Kier molecular flexibility index (Phi) is 4.62. The van der Waals surface area contributed by atoms with Crippen LogP contribution in [0.5, 0.6) is 0 Å². The topological polar surface area (TPSA) is 35.5 Å². The van der Waals surface area contributed by atoms with Crippen LogP contribution < -0.4 is 0 Å². The summed E-state index contributed by atoms with van der Waals surface area (Å²) in [6, 6.07) is 0. The zero-order chi connectivity index (χ0) is 21.7. The molecular formula is C25H37BrO3Si. The monoisotopic (exact) mass is 492 g/mol. The van der Waals surface area contributed by atoms with Crippen LogP contribution in [0.4, 0.5) is 0 Å². The summed E-state index contributed by atoms with van der Waals surface area (Å²) < 4.78 is 14.2. The summed E-state index contributed by atoms with van der Waals surface area (Å²) in [7, 11) is -1.82. The highest BCUT2D eigenvalue weighted by Gasteiger charge is 2.68. The standard InChI is InChI=1S/C25H37BrO3Si/c1-22(2,3)30(5,6)28-21-8-7-20-23(21,4)10-9-16-13-17-14-19(27)18(26)15-24(17)11-12-25(16,20)29-24/h13-14,18,20-21H,7-12,15H2,1-6H3/t18-,20-,21+,23+,24?,25-/m1/s1. The first kappa shape index (κ1) is 21.6. The second-order valence-corrected chi connectivity index (χ2v) is 18.2. The number of halogens is 1. The van der Waals surface area contributed by atoms with Crippen molar-refractivity contribution in [3.05, 3.63) is 23.3 Å². The number of rotatable bonds is 2. The molecular weight excluding hydrogens is 456 g/mol. The minimum atomic E-state index is -1.82. The number of alkyl halides is 1. The second kappa shape index (κ2) is 6.42. The SMILES string of the molecule is CC(C)(C)[Si](C)(C)O[C@H]1CC[C@@H]2[C@]1(C)CCC1=CC3=CC(=O)[C@H](Br)CC34CC[C@@]12O4. The molecule has 6 atom stereocenters. The molecule has 5 heteroatoms. The quantitative estimate of drug-likeness (QED) is 0.326. The Balaban J connectivity index is 1.50. The van der Waals surface area contributed by atoms with Gasteiger partial charge in [0.15, 0.2) is 14.1 Å². The third kappa shape index (κ3) is 2.77. The average molecular weight is 494 g/mol. The summed E-state index contributed by atoms with van der Waals surface area (Å²) in [6.45, 7) is 14.3.